The first kappa shape index (κ1) is 23.5. The van der Waals surface area contributed by atoms with Gasteiger partial charge in [-0.15, -0.1) is 11.3 Å². The lowest BCUT2D eigenvalue weighted by molar-refractivity contribution is 0.0674. The van der Waals surface area contributed by atoms with E-state index in [-0.39, 0.29) is 28.8 Å². The smallest absolute Gasteiger partial charge is 0.272 e. The molecule has 0 bridgehead atoms. The van der Waals surface area contributed by atoms with E-state index in [0.29, 0.717) is 11.1 Å². The van der Waals surface area contributed by atoms with Crippen molar-refractivity contribution in [2.75, 3.05) is 0 Å². The number of pyridine rings is 1. The van der Waals surface area contributed by atoms with E-state index in [1.54, 1.807) is 17.5 Å². The van der Waals surface area contributed by atoms with Gasteiger partial charge in [0.2, 0.25) is 0 Å². The lowest BCUT2D eigenvalue weighted by Gasteiger charge is -2.46. The van der Waals surface area contributed by atoms with Crippen LogP contribution in [0.25, 0.3) is 26.9 Å². The summed E-state index contributed by atoms with van der Waals surface area (Å²) < 4.78 is 1.88. The van der Waals surface area contributed by atoms with Gasteiger partial charge < -0.3 is 9.72 Å². The molecule has 4 aromatic heterocycles. The molecule has 2 N–H and O–H groups in total. The van der Waals surface area contributed by atoms with E-state index in [1.165, 1.54) is 0 Å². The van der Waals surface area contributed by atoms with E-state index in [2.05, 4.69) is 39.3 Å². The number of thiazole rings is 1. The van der Waals surface area contributed by atoms with Crippen molar-refractivity contribution < 1.29 is 4.79 Å². The molecular formula is C28H28N6O2S. The molecule has 1 aliphatic rings. The first-order chi connectivity index (χ1) is 17.8. The highest BCUT2D eigenvalue weighted by molar-refractivity contribution is 7.15. The van der Waals surface area contributed by atoms with E-state index in [9.17, 15) is 9.59 Å². The zero-order valence-corrected chi connectivity index (χ0v) is 21.8. The molecule has 0 spiro atoms. The second-order valence-electron chi connectivity index (χ2n) is 10.5. The summed E-state index contributed by atoms with van der Waals surface area (Å²) in [7, 11) is 0. The number of hydrogen-bond donors (Lipinski definition) is 2. The monoisotopic (exact) mass is 512 g/mol. The van der Waals surface area contributed by atoms with E-state index < -0.39 is 0 Å². The number of imidazole rings is 1. The van der Waals surface area contributed by atoms with Crippen molar-refractivity contribution in [2.24, 2.45) is 5.41 Å². The summed E-state index contributed by atoms with van der Waals surface area (Å²) in [5.41, 5.74) is 3.05. The van der Waals surface area contributed by atoms with Gasteiger partial charge in [0, 0.05) is 35.9 Å². The number of H-pyrrole nitrogens is 1. The molecule has 1 atom stereocenters. The Morgan fingerprint density at radius 3 is 2.81 bits per heavy atom. The summed E-state index contributed by atoms with van der Waals surface area (Å²) in [4.78, 5) is 35.1. The van der Waals surface area contributed by atoms with Gasteiger partial charge in [0.25, 0.3) is 11.5 Å². The highest BCUT2D eigenvalue weighted by Crippen LogP contribution is 2.47. The number of nitrogens with one attached hydrogen (secondary N) is 2. The predicted molar refractivity (Wildman–Crippen MR) is 145 cm³/mol. The molecule has 6 rings (SSSR count). The number of aromatic nitrogens is 5. The maximum absolute atomic E-state index is 13.0. The number of aromatic amines is 1. The number of aryl methyl sites for hydroxylation is 1. The molecule has 1 amide bonds. The average Bonchev–Trinajstić information content (AvgIpc) is 3.49. The van der Waals surface area contributed by atoms with Crippen LogP contribution in [-0.2, 0) is 0 Å². The van der Waals surface area contributed by atoms with Crippen molar-refractivity contribution in [3.05, 3.63) is 81.7 Å². The maximum atomic E-state index is 13.0. The second kappa shape index (κ2) is 8.92. The normalized spacial score (nSPS) is 20.1. The third-order valence-corrected chi connectivity index (χ3v) is 8.37. The summed E-state index contributed by atoms with van der Waals surface area (Å²) >= 11 is 1.64. The summed E-state index contributed by atoms with van der Waals surface area (Å²) in [6, 6.07) is 11.7. The molecule has 5 aromatic rings. The number of rotatable bonds is 6. The minimum absolute atomic E-state index is 0.0942. The molecule has 8 nitrogen and oxygen atoms in total. The highest BCUT2D eigenvalue weighted by Gasteiger charge is 2.42. The largest absolute Gasteiger partial charge is 0.348 e. The molecule has 1 aliphatic carbocycles. The summed E-state index contributed by atoms with van der Waals surface area (Å²) in [6.07, 6.45) is 8.29. The number of carbonyl (C=O) groups excluding carboxylic acids is 1. The van der Waals surface area contributed by atoms with Gasteiger partial charge in [0.1, 0.15) is 11.3 Å². The van der Waals surface area contributed by atoms with Crippen LogP contribution in [0.15, 0.2) is 59.8 Å². The van der Waals surface area contributed by atoms with Gasteiger partial charge in [-0.05, 0) is 55.4 Å². The second-order valence-corrected chi connectivity index (χ2v) is 11.8. The topological polar surface area (TPSA) is 105 Å². The fraction of sp³-hybridized carbons (Fsp3) is 0.321. The van der Waals surface area contributed by atoms with Crippen LogP contribution in [0.3, 0.4) is 0 Å². The van der Waals surface area contributed by atoms with Crippen LogP contribution in [0.5, 0.6) is 0 Å². The zero-order valence-electron chi connectivity index (χ0n) is 21.0. The molecule has 0 radical (unpaired) electrons. The highest BCUT2D eigenvalue weighted by atomic mass is 32.1. The third-order valence-electron chi connectivity index (χ3n) is 7.40. The van der Waals surface area contributed by atoms with Crippen LogP contribution in [0.2, 0.25) is 0 Å². The fourth-order valence-electron chi connectivity index (χ4n) is 5.74. The summed E-state index contributed by atoms with van der Waals surface area (Å²) in [5.74, 6) is 0.0330. The van der Waals surface area contributed by atoms with Crippen molar-refractivity contribution >= 4 is 33.7 Å². The number of fused-ring (bicyclic) bond motifs is 2. The van der Waals surface area contributed by atoms with Gasteiger partial charge in [0.05, 0.1) is 21.0 Å². The molecule has 188 valence electrons. The fourth-order valence-corrected chi connectivity index (χ4v) is 6.52. The molecule has 4 heterocycles. The van der Waals surface area contributed by atoms with Crippen LogP contribution in [0.1, 0.15) is 60.2 Å². The number of nitrogens with zero attached hydrogens (tertiary/aromatic N) is 4. The van der Waals surface area contributed by atoms with E-state index in [4.69, 9.17) is 0 Å². The van der Waals surface area contributed by atoms with Gasteiger partial charge >= 0.3 is 0 Å². The van der Waals surface area contributed by atoms with Crippen LogP contribution < -0.4 is 10.9 Å². The minimum Gasteiger partial charge on any atom is -0.348 e. The van der Waals surface area contributed by atoms with Gasteiger partial charge in [0.15, 0.2) is 0 Å². The Hall–Kier alpha value is -3.85. The lowest BCUT2D eigenvalue weighted by Crippen LogP contribution is -2.50. The number of amides is 1. The molecule has 0 saturated heterocycles. The Labute approximate surface area is 217 Å². The van der Waals surface area contributed by atoms with Crippen LogP contribution in [-0.4, -0.2) is 36.5 Å². The summed E-state index contributed by atoms with van der Waals surface area (Å²) in [6.45, 7) is 6.40. The molecular weight excluding hydrogens is 484 g/mol. The molecule has 9 heteroatoms. The third kappa shape index (κ3) is 4.44. The van der Waals surface area contributed by atoms with Gasteiger partial charge in [-0.3, -0.25) is 9.59 Å². The van der Waals surface area contributed by atoms with Crippen molar-refractivity contribution in [3.63, 3.8) is 0 Å². The van der Waals surface area contributed by atoms with Gasteiger partial charge in [-0.25, -0.2) is 15.1 Å². The first-order valence-corrected chi connectivity index (χ1v) is 13.3. The number of hydrogen-bond acceptors (Lipinski definition) is 6. The number of carbonyl (C=O) groups is 1. The van der Waals surface area contributed by atoms with Gasteiger partial charge in [-0.2, -0.15) is 5.10 Å². The van der Waals surface area contributed by atoms with Crippen LogP contribution in [0.4, 0.5) is 0 Å². The van der Waals surface area contributed by atoms with Gasteiger partial charge in [-0.1, -0.05) is 32.0 Å². The standard InChI is InChI=1S/C28H28N6O2S/c1-16(25-20-6-4-5-7-21(20)26(35)33-32-25)11-28(3)12-19(13-28)30-27(36)22-15-34-9-8-18(10-24(34)31-22)23-14-29-17(2)37-23/h4-10,14-16,19H,11-13H2,1-3H3,(H,30,36)(H,33,35)/t16-,19?,28?/m0/s1. The average molecular weight is 513 g/mol. The summed E-state index contributed by atoms with van der Waals surface area (Å²) in [5, 5.41) is 12.8. The van der Waals surface area contributed by atoms with Crippen LogP contribution in [0, 0.1) is 12.3 Å². The maximum Gasteiger partial charge on any atom is 0.272 e. The lowest BCUT2D eigenvalue weighted by atomic mass is 9.62. The van der Waals surface area contributed by atoms with Crippen molar-refractivity contribution in [1.29, 1.82) is 0 Å². The van der Waals surface area contributed by atoms with E-state index in [1.807, 2.05) is 60.1 Å². The molecule has 0 aliphatic heterocycles. The van der Waals surface area contributed by atoms with E-state index in [0.717, 1.165) is 51.4 Å². The predicted octanol–water partition coefficient (Wildman–Crippen LogP) is 5.10. The van der Waals surface area contributed by atoms with Crippen molar-refractivity contribution in [3.8, 4) is 10.4 Å². The molecule has 1 saturated carbocycles. The van der Waals surface area contributed by atoms with Crippen molar-refractivity contribution in [2.45, 2.75) is 52.0 Å². The van der Waals surface area contributed by atoms with Crippen LogP contribution >= 0.6 is 11.3 Å². The Balaban J connectivity index is 1.10. The SMILES string of the molecule is Cc1ncc(-c2ccn3cc(C(=O)NC4CC(C)(C[C@H](C)c5n[nH]c(=O)c6ccccc56)C4)nc3c2)s1. The Morgan fingerprint density at radius 2 is 2.05 bits per heavy atom. The first-order valence-electron chi connectivity index (χ1n) is 12.5. The Bertz CT molecular complexity index is 1690. The Kier molecular flexibility index (Phi) is 5.67. The van der Waals surface area contributed by atoms with Crippen molar-refractivity contribution in [1.82, 2.24) is 29.9 Å². The quantitative estimate of drug-likeness (QED) is 0.330. The molecule has 1 fully saturated rings. The minimum atomic E-state index is -0.161. The molecule has 0 unspecified atom stereocenters. The Morgan fingerprint density at radius 1 is 1.27 bits per heavy atom. The van der Waals surface area contributed by atoms with E-state index >= 15 is 0 Å². The number of benzene rings is 1. The molecule has 37 heavy (non-hydrogen) atoms. The zero-order chi connectivity index (χ0) is 25.7. The molecule has 1 aromatic carbocycles.